The van der Waals surface area contributed by atoms with Crippen molar-refractivity contribution in [3.63, 3.8) is 0 Å². The van der Waals surface area contributed by atoms with Crippen molar-refractivity contribution in [2.24, 2.45) is 0 Å². The number of rotatable bonds is 5. The average molecular weight is 286 g/mol. The van der Waals surface area contributed by atoms with Crippen molar-refractivity contribution in [1.29, 1.82) is 0 Å². The van der Waals surface area contributed by atoms with Gasteiger partial charge in [-0.25, -0.2) is 4.39 Å². The third kappa shape index (κ3) is 3.08. The molecule has 2 aromatic rings. The van der Waals surface area contributed by atoms with Gasteiger partial charge in [-0.1, -0.05) is 30.3 Å². The van der Waals surface area contributed by atoms with Gasteiger partial charge in [0.1, 0.15) is 5.82 Å². The highest BCUT2D eigenvalue weighted by Crippen LogP contribution is 2.35. The highest BCUT2D eigenvalue weighted by Gasteiger charge is 2.20. The summed E-state index contributed by atoms with van der Waals surface area (Å²) in [5.41, 5.74) is 3.83. The molecule has 0 aromatic heterocycles. The molecule has 2 rings (SSSR count). The molecule has 0 saturated carbocycles. The summed E-state index contributed by atoms with van der Waals surface area (Å²) in [5, 5.41) is 3.20. The van der Waals surface area contributed by atoms with Crippen molar-refractivity contribution < 1.29 is 4.39 Å². The van der Waals surface area contributed by atoms with Crippen molar-refractivity contribution in [3.05, 3.63) is 59.4 Å². The van der Waals surface area contributed by atoms with E-state index in [1.54, 1.807) is 6.07 Å². The van der Waals surface area contributed by atoms with Gasteiger partial charge in [0, 0.05) is 18.3 Å². The zero-order chi connectivity index (χ0) is 15.4. The highest BCUT2D eigenvalue weighted by molar-refractivity contribution is 5.70. The number of halogens is 1. The fourth-order valence-electron chi connectivity index (χ4n) is 2.64. The number of hydrogen-bond acceptors (Lipinski definition) is 2. The van der Waals surface area contributed by atoms with Gasteiger partial charge in [0.25, 0.3) is 0 Å². The second kappa shape index (κ2) is 6.72. The minimum Gasteiger partial charge on any atom is -0.339 e. The van der Waals surface area contributed by atoms with Gasteiger partial charge >= 0.3 is 0 Å². The maximum atomic E-state index is 14.5. The Morgan fingerprint density at radius 2 is 1.86 bits per heavy atom. The second-order valence-corrected chi connectivity index (χ2v) is 5.22. The summed E-state index contributed by atoms with van der Waals surface area (Å²) in [5.74, 6) is -0.181. The molecule has 0 saturated heterocycles. The SMILES string of the molecule is CCN(c1ccccc1C)c1c(F)cccc1C(C)NC. The minimum atomic E-state index is -0.181. The smallest absolute Gasteiger partial charge is 0.147 e. The fraction of sp³-hybridized carbons (Fsp3) is 0.333. The van der Waals surface area contributed by atoms with Crippen molar-refractivity contribution in [3.8, 4) is 0 Å². The summed E-state index contributed by atoms with van der Waals surface area (Å²) in [4.78, 5) is 2.05. The summed E-state index contributed by atoms with van der Waals surface area (Å²) >= 11 is 0. The molecule has 2 aromatic carbocycles. The van der Waals surface area contributed by atoms with Crippen LogP contribution in [0.25, 0.3) is 0 Å². The van der Waals surface area contributed by atoms with E-state index >= 15 is 0 Å². The Kier molecular flexibility index (Phi) is 4.97. The Morgan fingerprint density at radius 3 is 2.48 bits per heavy atom. The van der Waals surface area contributed by atoms with Gasteiger partial charge in [0.2, 0.25) is 0 Å². The van der Waals surface area contributed by atoms with Gasteiger partial charge in [-0.2, -0.15) is 0 Å². The predicted octanol–water partition coefficient (Wildman–Crippen LogP) is 4.57. The molecule has 0 aliphatic heterocycles. The molecule has 1 unspecified atom stereocenters. The van der Waals surface area contributed by atoms with E-state index in [1.165, 1.54) is 6.07 Å². The Hall–Kier alpha value is -1.87. The number of anilines is 2. The summed E-state index contributed by atoms with van der Waals surface area (Å²) in [6.07, 6.45) is 0. The number of nitrogens with one attached hydrogen (secondary N) is 1. The van der Waals surface area contributed by atoms with Crippen LogP contribution in [0.2, 0.25) is 0 Å². The van der Waals surface area contributed by atoms with Crippen molar-refractivity contribution >= 4 is 11.4 Å². The second-order valence-electron chi connectivity index (χ2n) is 5.22. The van der Waals surface area contributed by atoms with Gasteiger partial charge in [-0.15, -0.1) is 0 Å². The number of benzene rings is 2. The highest BCUT2D eigenvalue weighted by atomic mass is 19.1. The first kappa shape index (κ1) is 15.5. The van der Waals surface area contributed by atoms with Crippen LogP contribution in [0.3, 0.4) is 0 Å². The third-order valence-electron chi connectivity index (χ3n) is 3.91. The third-order valence-corrected chi connectivity index (χ3v) is 3.91. The van der Waals surface area contributed by atoms with E-state index in [1.807, 2.05) is 50.1 Å². The molecule has 0 amide bonds. The first-order chi connectivity index (χ1) is 10.1. The summed E-state index contributed by atoms with van der Waals surface area (Å²) in [7, 11) is 1.89. The van der Waals surface area contributed by atoms with Crippen LogP contribution >= 0.6 is 0 Å². The van der Waals surface area contributed by atoms with Crippen LogP contribution < -0.4 is 10.2 Å². The van der Waals surface area contributed by atoms with Crippen molar-refractivity contribution in [1.82, 2.24) is 5.32 Å². The van der Waals surface area contributed by atoms with Gasteiger partial charge in [0.05, 0.1) is 5.69 Å². The molecule has 0 radical (unpaired) electrons. The lowest BCUT2D eigenvalue weighted by Gasteiger charge is -2.29. The molecule has 1 atom stereocenters. The molecule has 0 fully saturated rings. The number of hydrogen-bond donors (Lipinski definition) is 1. The van der Waals surface area contributed by atoms with E-state index < -0.39 is 0 Å². The topological polar surface area (TPSA) is 15.3 Å². The zero-order valence-corrected chi connectivity index (χ0v) is 13.2. The first-order valence-corrected chi connectivity index (χ1v) is 7.39. The van der Waals surface area contributed by atoms with E-state index in [0.29, 0.717) is 5.69 Å². The van der Waals surface area contributed by atoms with Gasteiger partial charge in [-0.05, 0) is 51.1 Å². The first-order valence-electron chi connectivity index (χ1n) is 7.39. The summed E-state index contributed by atoms with van der Waals surface area (Å²) < 4.78 is 14.5. The Bertz CT molecular complexity index is 610. The lowest BCUT2D eigenvalue weighted by Crippen LogP contribution is -2.23. The van der Waals surface area contributed by atoms with Crippen LogP contribution in [0.15, 0.2) is 42.5 Å². The molecule has 0 aliphatic rings. The van der Waals surface area contributed by atoms with Crippen LogP contribution in [0.5, 0.6) is 0 Å². The molecule has 2 nitrogen and oxygen atoms in total. The molecule has 0 aliphatic carbocycles. The molecular formula is C18H23FN2. The maximum Gasteiger partial charge on any atom is 0.147 e. The van der Waals surface area contributed by atoms with Crippen LogP contribution in [-0.2, 0) is 0 Å². The summed E-state index contributed by atoms with van der Waals surface area (Å²) in [6.45, 7) is 6.87. The molecule has 112 valence electrons. The van der Waals surface area contributed by atoms with Crippen molar-refractivity contribution in [2.45, 2.75) is 26.8 Å². The fourth-order valence-corrected chi connectivity index (χ4v) is 2.64. The van der Waals surface area contributed by atoms with Crippen LogP contribution in [0, 0.1) is 12.7 Å². The molecule has 3 heteroatoms. The standard InChI is InChI=1S/C18H23FN2/c1-5-21(17-12-7-6-9-13(17)2)18-15(14(3)20-4)10-8-11-16(18)19/h6-12,14,20H,5H2,1-4H3. The van der Waals surface area contributed by atoms with E-state index in [0.717, 1.165) is 23.4 Å². The van der Waals surface area contributed by atoms with E-state index in [-0.39, 0.29) is 11.9 Å². The lowest BCUT2D eigenvalue weighted by molar-refractivity contribution is 0.606. The van der Waals surface area contributed by atoms with Crippen LogP contribution in [-0.4, -0.2) is 13.6 Å². The molecule has 1 N–H and O–H groups in total. The Morgan fingerprint density at radius 1 is 1.14 bits per heavy atom. The maximum absolute atomic E-state index is 14.5. The quantitative estimate of drug-likeness (QED) is 0.866. The number of nitrogens with zero attached hydrogens (tertiary/aromatic N) is 1. The van der Waals surface area contributed by atoms with E-state index in [4.69, 9.17) is 0 Å². The number of para-hydroxylation sites is 2. The van der Waals surface area contributed by atoms with Gasteiger partial charge in [-0.3, -0.25) is 0 Å². The Balaban J connectivity index is 2.60. The van der Waals surface area contributed by atoms with E-state index in [2.05, 4.69) is 18.3 Å². The normalized spacial score (nSPS) is 12.2. The predicted molar refractivity (Wildman–Crippen MR) is 87.7 cm³/mol. The lowest BCUT2D eigenvalue weighted by atomic mass is 10.0. The monoisotopic (exact) mass is 286 g/mol. The van der Waals surface area contributed by atoms with Crippen molar-refractivity contribution in [2.75, 3.05) is 18.5 Å². The minimum absolute atomic E-state index is 0.0915. The molecular weight excluding hydrogens is 263 g/mol. The molecule has 0 bridgehead atoms. The van der Waals surface area contributed by atoms with E-state index in [9.17, 15) is 4.39 Å². The van der Waals surface area contributed by atoms with Gasteiger partial charge < -0.3 is 10.2 Å². The largest absolute Gasteiger partial charge is 0.339 e. The van der Waals surface area contributed by atoms with Crippen LogP contribution in [0.1, 0.15) is 31.0 Å². The Labute approximate surface area is 126 Å². The molecule has 0 heterocycles. The average Bonchev–Trinajstić information content (AvgIpc) is 2.50. The van der Waals surface area contributed by atoms with Gasteiger partial charge in [0.15, 0.2) is 0 Å². The zero-order valence-electron chi connectivity index (χ0n) is 13.2. The van der Waals surface area contributed by atoms with Crippen LogP contribution in [0.4, 0.5) is 15.8 Å². The summed E-state index contributed by atoms with van der Waals surface area (Å²) in [6, 6.07) is 13.5. The molecule has 0 spiro atoms. The molecule has 21 heavy (non-hydrogen) atoms. The number of aryl methyl sites for hydroxylation is 1.